The van der Waals surface area contributed by atoms with Gasteiger partial charge < -0.3 is 14.4 Å². The van der Waals surface area contributed by atoms with E-state index in [4.69, 9.17) is 21.0 Å². The van der Waals surface area contributed by atoms with Gasteiger partial charge in [0.1, 0.15) is 5.75 Å². The zero-order valence-electron chi connectivity index (χ0n) is 22.1. The average Bonchev–Trinajstić information content (AvgIpc) is 2.80. The molecule has 188 valence electrons. The second kappa shape index (κ2) is 12.8. The van der Waals surface area contributed by atoms with Crippen LogP contribution in [0.4, 0.5) is 0 Å². The Morgan fingerprint density at radius 1 is 1.14 bits per heavy atom. The monoisotopic (exact) mass is 478 g/mol. The van der Waals surface area contributed by atoms with Gasteiger partial charge in [0.15, 0.2) is 0 Å². The van der Waals surface area contributed by atoms with Gasteiger partial charge in [0, 0.05) is 25.2 Å². The van der Waals surface area contributed by atoms with Gasteiger partial charge in [-0.2, -0.15) is 11.5 Å². The number of benzene rings is 2. The van der Waals surface area contributed by atoms with Gasteiger partial charge in [0.05, 0.1) is 20.1 Å². The van der Waals surface area contributed by atoms with Crippen molar-refractivity contribution in [2.75, 3.05) is 26.8 Å². The van der Waals surface area contributed by atoms with E-state index >= 15 is 0 Å². The lowest BCUT2D eigenvalue weighted by atomic mass is 9.94. The van der Waals surface area contributed by atoms with Crippen LogP contribution in [0.25, 0.3) is 16.1 Å². The number of aliphatic imine (C=N–C) groups is 1. The van der Waals surface area contributed by atoms with Gasteiger partial charge in [-0.1, -0.05) is 56.0 Å². The Labute approximate surface area is 209 Å². The van der Waals surface area contributed by atoms with Crippen molar-refractivity contribution in [3.05, 3.63) is 64.6 Å². The fourth-order valence-electron chi connectivity index (χ4n) is 3.68. The summed E-state index contributed by atoms with van der Waals surface area (Å²) in [5.41, 5.74) is 7.76. The van der Waals surface area contributed by atoms with Crippen molar-refractivity contribution in [2.24, 2.45) is 10.4 Å². The first kappa shape index (κ1) is 27.7. The highest BCUT2D eigenvalue weighted by Crippen LogP contribution is 2.34. The van der Waals surface area contributed by atoms with Crippen LogP contribution >= 0.6 is 0 Å². The minimum Gasteiger partial charge on any atom is -0.496 e. The maximum absolute atomic E-state index is 12.1. The van der Waals surface area contributed by atoms with Crippen LogP contribution < -0.4 is 10.2 Å². The van der Waals surface area contributed by atoms with E-state index < -0.39 is 0 Å². The second-order valence-electron chi connectivity index (χ2n) is 9.62. The third-order valence-corrected chi connectivity index (χ3v) is 5.37. The van der Waals surface area contributed by atoms with Crippen molar-refractivity contribution in [3.63, 3.8) is 0 Å². The summed E-state index contributed by atoms with van der Waals surface area (Å²) in [6, 6.07) is 12.1. The Morgan fingerprint density at radius 3 is 2.49 bits per heavy atom. The van der Waals surface area contributed by atoms with Crippen LogP contribution in [0.5, 0.6) is 5.75 Å². The van der Waals surface area contributed by atoms with Gasteiger partial charge >= 0.3 is 5.97 Å². The largest absolute Gasteiger partial charge is 0.496 e. The summed E-state index contributed by atoms with van der Waals surface area (Å²) in [5, 5.41) is 0. The molecule has 2 rings (SSSR count). The SMILES string of the molecule is [C-]#[N+]NC(=NCC(C)(C)C)N(CC)Cc1cc(C)ccc1-c1cc(CC(=O)OCC)ccc1OC. The number of hydrogen-bond donors (Lipinski definition) is 1. The highest BCUT2D eigenvalue weighted by Gasteiger charge is 2.19. The molecule has 7 nitrogen and oxygen atoms in total. The molecule has 0 heterocycles. The highest BCUT2D eigenvalue weighted by atomic mass is 16.5. The van der Waals surface area contributed by atoms with Crippen molar-refractivity contribution in [2.45, 2.75) is 54.5 Å². The molecule has 0 saturated heterocycles. The van der Waals surface area contributed by atoms with E-state index in [-0.39, 0.29) is 17.8 Å². The normalized spacial score (nSPS) is 11.5. The lowest BCUT2D eigenvalue weighted by molar-refractivity contribution is -0.142. The van der Waals surface area contributed by atoms with E-state index in [9.17, 15) is 4.79 Å². The first-order chi connectivity index (χ1) is 16.6. The molecular formula is C28H38N4O3. The average molecular weight is 479 g/mol. The van der Waals surface area contributed by atoms with Gasteiger partial charge in [-0.25, -0.2) is 4.99 Å². The molecule has 0 radical (unpaired) electrons. The Balaban J connectivity index is 2.51. The molecule has 0 aliphatic rings. The number of aryl methyl sites for hydroxylation is 1. The number of nitrogens with zero attached hydrogens (tertiary/aromatic N) is 3. The number of rotatable bonds is 9. The van der Waals surface area contributed by atoms with Gasteiger partial charge in [-0.05, 0) is 55.0 Å². The molecular weight excluding hydrogens is 440 g/mol. The topological polar surface area (TPSA) is 67.5 Å². The molecule has 0 atom stereocenters. The van der Waals surface area contributed by atoms with Crippen molar-refractivity contribution in [3.8, 4) is 16.9 Å². The molecule has 0 aromatic heterocycles. The smallest absolute Gasteiger partial charge is 0.310 e. The number of carbonyl (C=O) groups is 1. The predicted octanol–water partition coefficient (Wildman–Crippen LogP) is 5.42. The van der Waals surface area contributed by atoms with E-state index in [1.807, 2.05) is 25.1 Å². The van der Waals surface area contributed by atoms with Crippen LogP contribution in [-0.4, -0.2) is 43.6 Å². The number of ether oxygens (including phenoxy) is 2. The van der Waals surface area contributed by atoms with E-state index in [1.165, 1.54) is 0 Å². The zero-order chi connectivity index (χ0) is 26.0. The van der Waals surface area contributed by atoms with Crippen LogP contribution in [-0.2, 0) is 22.5 Å². The molecule has 0 fully saturated rings. The Bertz CT molecular complexity index is 1080. The minimum absolute atomic E-state index is 0.00952. The summed E-state index contributed by atoms with van der Waals surface area (Å²) < 4.78 is 10.8. The van der Waals surface area contributed by atoms with E-state index in [1.54, 1.807) is 14.0 Å². The lowest BCUT2D eigenvalue weighted by Crippen LogP contribution is -2.38. The third-order valence-electron chi connectivity index (χ3n) is 5.37. The van der Waals surface area contributed by atoms with Crippen molar-refractivity contribution < 1.29 is 14.3 Å². The quantitative estimate of drug-likeness (QED) is 0.171. The molecule has 0 bridgehead atoms. The first-order valence-electron chi connectivity index (χ1n) is 12.0. The summed E-state index contributed by atoms with van der Waals surface area (Å²) in [5.74, 6) is 1.04. The number of carbonyl (C=O) groups excluding carboxylic acids is 1. The molecule has 0 spiro atoms. The summed E-state index contributed by atoms with van der Waals surface area (Å²) in [6.07, 6.45) is 0.200. The Hall–Kier alpha value is -3.53. The Kier molecular flexibility index (Phi) is 10.1. The maximum atomic E-state index is 12.1. The van der Waals surface area contributed by atoms with Crippen LogP contribution in [0.15, 0.2) is 41.4 Å². The fourth-order valence-corrected chi connectivity index (χ4v) is 3.68. The van der Waals surface area contributed by atoms with E-state index in [0.29, 0.717) is 32.2 Å². The fraction of sp³-hybridized carbons (Fsp3) is 0.464. The molecule has 7 heteroatoms. The maximum Gasteiger partial charge on any atom is 0.310 e. The van der Waals surface area contributed by atoms with Gasteiger partial charge in [0.2, 0.25) is 0 Å². The second-order valence-corrected chi connectivity index (χ2v) is 9.62. The summed E-state index contributed by atoms with van der Waals surface area (Å²) >= 11 is 0. The zero-order valence-corrected chi connectivity index (χ0v) is 22.1. The van der Waals surface area contributed by atoms with Gasteiger partial charge in [-0.15, -0.1) is 0 Å². The minimum atomic E-state index is -0.255. The number of guanidine groups is 1. The molecule has 2 aromatic carbocycles. The summed E-state index contributed by atoms with van der Waals surface area (Å²) in [6.45, 7) is 21.8. The number of methoxy groups -OCH3 is 1. The molecule has 2 aromatic rings. The van der Waals surface area contributed by atoms with Crippen molar-refractivity contribution >= 4 is 11.9 Å². The number of esters is 1. The molecule has 0 unspecified atom stereocenters. The van der Waals surface area contributed by atoms with Crippen molar-refractivity contribution in [1.29, 1.82) is 0 Å². The van der Waals surface area contributed by atoms with E-state index in [0.717, 1.165) is 33.6 Å². The van der Waals surface area contributed by atoms with E-state index in [2.05, 4.69) is 61.2 Å². The number of hydrogen-bond acceptors (Lipinski definition) is 4. The molecule has 0 aliphatic carbocycles. The molecule has 0 aliphatic heterocycles. The standard InChI is InChI=1S/C28H38N4O3/c1-9-32(27(31-29-7)30-19-28(4,5)6)18-22-15-20(3)11-13-23(22)24-16-21(12-14-25(24)34-8)17-26(33)35-10-2/h11-16H,9-10,17-19H2,1-6,8H3,(H,30,31). The molecule has 0 saturated carbocycles. The molecule has 1 N–H and O–H groups in total. The summed E-state index contributed by atoms with van der Waals surface area (Å²) in [7, 11) is 1.65. The summed E-state index contributed by atoms with van der Waals surface area (Å²) in [4.78, 5) is 22.2. The van der Waals surface area contributed by atoms with Crippen LogP contribution in [0.1, 0.15) is 51.3 Å². The molecule has 0 amide bonds. The Morgan fingerprint density at radius 2 is 1.89 bits per heavy atom. The van der Waals surface area contributed by atoms with Crippen LogP contribution in [0.3, 0.4) is 0 Å². The molecule has 35 heavy (non-hydrogen) atoms. The highest BCUT2D eigenvalue weighted by molar-refractivity contribution is 5.81. The third kappa shape index (κ3) is 8.32. The lowest BCUT2D eigenvalue weighted by Gasteiger charge is -2.25. The van der Waals surface area contributed by atoms with Crippen LogP contribution in [0, 0.1) is 18.9 Å². The van der Waals surface area contributed by atoms with Crippen molar-refractivity contribution in [1.82, 2.24) is 10.3 Å². The van der Waals surface area contributed by atoms with Gasteiger partial charge in [0.25, 0.3) is 5.96 Å². The van der Waals surface area contributed by atoms with Crippen LogP contribution in [0.2, 0.25) is 0 Å². The van der Waals surface area contributed by atoms with Gasteiger partial charge in [-0.3, -0.25) is 4.79 Å². The number of nitrogens with one attached hydrogen (secondary N) is 1. The predicted molar refractivity (Wildman–Crippen MR) is 141 cm³/mol. The first-order valence-corrected chi connectivity index (χ1v) is 12.0.